The van der Waals surface area contributed by atoms with Gasteiger partial charge in [0.15, 0.2) is 0 Å². The zero-order valence-corrected chi connectivity index (χ0v) is 12.3. The molecule has 0 spiro atoms. The van der Waals surface area contributed by atoms with Crippen LogP contribution in [0.2, 0.25) is 0 Å². The van der Waals surface area contributed by atoms with Gasteiger partial charge in [-0.25, -0.2) is 0 Å². The normalized spacial score (nSPS) is 12.1. The second-order valence-corrected chi connectivity index (χ2v) is 5.00. The third kappa shape index (κ3) is 4.28. The van der Waals surface area contributed by atoms with Crippen LogP contribution < -0.4 is 4.90 Å². The predicted octanol–water partition coefficient (Wildman–Crippen LogP) is 2.52. The van der Waals surface area contributed by atoms with Gasteiger partial charge in [0, 0.05) is 13.1 Å². The number of aliphatic hydroxyl groups is 2. The molecule has 112 valence electrons. The fraction of sp³-hybridized carbons (Fsp3) is 0.353. The molecule has 0 amide bonds. The molecule has 0 saturated carbocycles. The molecule has 1 aromatic carbocycles. The van der Waals surface area contributed by atoms with Gasteiger partial charge in [0.1, 0.15) is 0 Å². The summed E-state index contributed by atoms with van der Waals surface area (Å²) < 4.78 is 0. The first-order valence-electron chi connectivity index (χ1n) is 7.28. The van der Waals surface area contributed by atoms with Crippen molar-refractivity contribution in [1.82, 2.24) is 4.98 Å². The highest BCUT2D eigenvalue weighted by Crippen LogP contribution is 2.20. The minimum Gasteiger partial charge on any atom is -0.395 e. The molecule has 1 heterocycles. The molecule has 0 saturated heterocycles. The molecule has 21 heavy (non-hydrogen) atoms. The summed E-state index contributed by atoms with van der Waals surface area (Å²) in [5, 5.41) is 19.0. The summed E-state index contributed by atoms with van der Waals surface area (Å²) in [5.74, 6) is 0. The van der Waals surface area contributed by atoms with E-state index in [1.807, 2.05) is 37.3 Å². The van der Waals surface area contributed by atoms with Crippen molar-refractivity contribution in [1.29, 1.82) is 0 Å². The summed E-state index contributed by atoms with van der Waals surface area (Å²) in [7, 11) is 0. The number of aromatic nitrogens is 1. The summed E-state index contributed by atoms with van der Waals surface area (Å²) in [4.78, 5) is 6.39. The molecule has 1 atom stereocenters. The Kier molecular flexibility index (Phi) is 5.72. The van der Waals surface area contributed by atoms with Gasteiger partial charge in [0.2, 0.25) is 0 Å². The van der Waals surface area contributed by atoms with Crippen molar-refractivity contribution in [3.8, 4) is 0 Å². The van der Waals surface area contributed by atoms with Crippen LogP contribution in [-0.2, 0) is 6.54 Å². The third-order valence-electron chi connectivity index (χ3n) is 3.45. The maximum Gasteiger partial charge on any atom is 0.0957 e. The topological polar surface area (TPSA) is 56.6 Å². The Balaban J connectivity index is 2.14. The first-order chi connectivity index (χ1) is 10.2. The number of rotatable bonds is 7. The average molecular weight is 286 g/mol. The highest BCUT2D eigenvalue weighted by molar-refractivity contribution is 5.45. The predicted molar refractivity (Wildman–Crippen MR) is 84.1 cm³/mol. The molecule has 4 heteroatoms. The number of hydrogen-bond acceptors (Lipinski definition) is 4. The van der Waals surface area contributed by atoms with E-state index in [1.165, 1.54) is 5.56 Å². The molecule has 4 nitrogen and oxygen atoms in total. The van der Waals surface area contributed by atoms with E-state index < -0.39 is 6.10 Å². The van der Waals surface area contributed by atoms with E-state index in [1.54, 1.807) is 6.20 Å². The molecule has 0 unspecified atom stereocenters. The Morgan fingerprint density at radius 3 is 2.48 bits per heavy atom. The van der Waals surface area contributed by atoms with Gasteiger partial charge in [-0.2, -0.15) is 0 Å². The zero-order valence-electron chi connectivity index (χ0n) is 12.3. The molecule has 0 fully saturated rings. The van der Waals surface area contributed by atoms with Crippen molar-refractivity contribution in [2.75, 3.05) is 18.1 Å². The van der Waals surface area contributed by atoms with E-state index in [0.29, 0.717) is 18.7 Å². The first kappa shape index (κ1) is 15.5. The maximum atomic E-state index is 9.78. The van der Waals surface area contributed by atoms with Crippen molar-refractivity contribution >= 4 is 5.69 Å². The van der Waals surface area contributed by atoms with E-state index in [2.05, 4.69) is 22.0 Å². The van der Waals surface area contributed by atoms with Crippen LogP contribution in [0.3, 0.4) is 0 Å². The average Bonchev–Trinajstić information content (AvgIpc) is 2.55. The molecule has 1 aromatic heterocycles. The van der Waals surface area contributed by atoms with Gasteiger partial charge < -0.3 is 15.1 Å². The van der Waals surface area contributed by atoms with Crippen LogP contribution in [0.1, 0.15) is 30.7 Å². The van der Waals surface area contributed by atoms with Gasteiger partial charge in [0.25, 0.3) is 0 Å². The SMILES string of the molecule is CC[C@@H](O)c1ccc(N(CCO)Cc2ccccc2)cn1. The van der Waals surface area contributed by atoms with Gasteiger partial charge in [0.05, 0.1) is 30.3 Å². The maximum absolute atomic E-state index is 9.78. The fourth-order valence-corrected chi connectivity index (χ4v) is 2.21. The van der Waals surface area contributed by atoms with Crippen LogP contribution in [0.4, 0.5) is 5.69 Å². The zero-order chi connectivity index (χ0) is 15.1. The van der Waals surface area contributed by atoms with E-state index in [0.717, 1.165) is 12.2 Å². The number of hydrogen-bond donors (Lipinski definition) is 2. The second-order valence-electron chi connectivity index (χ2n) is 5.00. The van der Waals surface area contributed by atoms with Crippen LogP contribution in [-0.4, -0.2) is 28.3 Å². The largest absolute Gasteiger partial charge is 0.395 e. The molecule has 2 N–H and O–H groups in total. The van der Waals surface area contributed by atoms with E-state index in [4.69, 9.17) is 0 Å². The molecule has 0 bridgehead atoms. The Bertz CT molecular complexity index is 528. The van der Waals surface area contributed by atoms with E-state index >= 15 is 0 Å². The molecule has 0 aliphatic heterocycles. The van der Waals surface area contributed by atoms with Crippen LogP contribution in [0.25, 0.3) is 0 Å². The fourth-order valence-electron chi connectivity index (χ4n) is 2.21. The summed E-state index contributed by atoms with van der Waals surface area (Å²) in [6.45, 7) is 3.28. The monoisotopic (exact) mass is 286 g/mol. The number of nitrogens with zero attached hydrogens (tertiary/aromatic N) is 2. The van der Waals surface area contributed by atoms with Crippen molar-refractivity contribution in [2.45, 2.75) is 26.0 Å². The number of benzene rings is 1. The summed E-state index contributed by atoms with van der Waals surface area (Å²) >= 11 is 0. The lowest BCUT2D eigenvalue weighted by atomic mass is 10.1. The third-order valence-corrected chi connectivity index (χ3v) is 3.45. The van der Waals surface area contributed by atoms with Crippen LogP contribution in [0, 0.1) is 0 Å². The minimum atomic E-state index is -0.514. The molecule has 2 rings (SSSR count). The first-order valence-corrected chi connectivity index (χ1v) is 7.28. The second kappa shape index (κ2) is 7.76. The Hall–Kier alpha value is -1.91. The highest BCUT2D eigenvalue weighted by Gasteiger charge is 2.10. The van der Waals surface area contributed by atoms with Gasteiger partial charge in [-0.1, -0.05) is 37.3 Å². The lowest BCUT2D eigenvalue weighted by Gasteiger charge is -2.24. The molecular formula is C17H22N2O2. The van der Waals surface area contributed by atoms with Crippen LogP contribution in [0.5, 0.6) is 0 Å². The quantitative estimate of drug-likeness (QED) is 0.821. The standard InChI is InChI=1S/C17H22N2O2/c1-2-17(21)16-9-8-15(12-18-16)19(10-11-20)13-14-6-4-3-5-7-14/h3-9,12,17,20-21H,2,10-11,13H2,1H3/t17-/m1/s1. The Morgan fingerprint density at radius 2 is 1.90 bits per heavy atom. The lowest BCUT2D eigenvalue weighted by molar-refractivity contribution is 0.169. The van der Waals surface area contributed by atoms with Crippen LogP contribution in [0.15, 0.2) is 48.7 Å². The lowest BCUT2D eigenvalue weighted by Crippen LogP contribution is -2.26. The van der Waals surface area contributed by atoms with Crippen molar-refractivity contribution < 1.29 is 10.2 Å². The van der Waals surface area contributed by atoms with Gasteiger partial charge >= 0.3 is 0 Å². The highest BCUT2D eigenvalue weighted by atomic mass is 16.3. The smallest absolute Gasteiger partial charge is 0.0957 e. The minimum absolute atomic E-state index is 0.0895. The van der Waals surface area contributed by atoms with Crippen molar-refractivity contribution in [3.63, 3.8) is 0 Å². The molecule has 0 aliphatic rings. The van der Waals surface area contributed by atoms with E-state index in [9.17, 15) is 10.2 Å². The number of aliphatic hydroxyl groups excluding tert-OH is 2. The van der Waals surface area contributed by atoms with Crippen molar-refractivity contribution in [2.24, 2.45) is 0 Å². The molecular weight excluding hydrogens is 264 g/mol. The summed E-state index contributed by atoms with van der Waals surface area (Å²) in [6.07, 6.45) is 1.89. The number of pyridine rings is 1. The molecule has 0 aliphatic carbocycles. The Morgan fingerprint density at radius 1 is 1.14 bits per heavy atom. The summed E-state index contributed by atoms with van der Waals surface area (Å²) in [6, 6.07) is 13.9. The Labute approximate surface area is 125 Å². The van der Waals surface area contributed by atoms with Gasteiger partial charge in [-0.05, 0) is 24.1 Å². The van der Waals surface area contributed by atoms with Gasteiger partial charge in [-0.15, -0.1) is 0 Å². The molecule has 0 radical (unpaired) electrons. The summed E-state index contributed by atoms with van der Waals surface area (Å²) in [5.41, 5.74) is 2.81. The van der Waals surface area contributed by atoms with Crippen molar-refractivity contribution in [3.05, 3.63) is 59.9 Å². The van der Waals surface area contributed by atoms with Gasteiger partial charge in [-0.3, -0.25) is 4.98 Å². The van der Waals surface area contributed by atoms with Crippen LogP contribution >= 0.6 is 0 Å². The molecule has 2 aromatic rings. The van der Waals surface area contributed by atoms with E-state index in [-0.39, 0.29) is 6.61 Å². The number of anilines is 1.